The van der Waals surface area contributed by atoms with Crippen LogP contribution in [0.1, 0.15) is 10.4 Å². The van der Waals surface area contributed by atoms with Gasteiger partial charge in [0.15, 0.2) is 6.29 Å². The first-order chi connectivity index (χ1) is 8.22. The van der Waals surface area contributed by atoms with Crippen molar-refractivity contribution in [3.63, 3.8) is 0 Å². The van der Waals surface area contributed by atoms with E-state index in [0.717, 1.165) is 11.2 Å². The number of pyridine rings is 1. The fraction of sp³-hybridized carbons (Fsp3) is 0. The maximum atomic E-state index is 11.0. The molecule has 1 aromatic carbocycles. The van der Waals surface area contributed by atoms with Crippen LogP contribution in [0.4, 0.5) is 0 Å². The number of rotatable bonds is 3. The van der Waals surface area contributed by atoms with Crippen LogP contribution in [0.2, 0.25) is 10.0 Å². The van der Waals surface area contributed by atoms with E-state index in [2.05, 4.69) is 4.98 Å². The molecule has 0 N–H and O–H groups in total. The average Bonchev–Trinajstić information content (AvgIpc) is 2.32. The molecule has 0 aliphatic carbocycles. The maximum Gasteiger partial charge on any atom is 0.152 e. The molecular weight excluding hydrogens is 277 g/mol. The van der Waals surface area contributed by atoms with E-state index >= 15 is 0 Å². The number of hydrogen-bond acceptors (Lipinski definition) is 3. The quantitative estimate of drug-likeness (QED) is 0.785. The molecule has 2 aromatic rings. The van der Waals surface area contributed by atoms with E-state index in [1.54, 1.807) is 30.5 Å². The van der Waals surface area contributed by atoms with Gasteiger partial charge in [-0.2, -0.15) is 0 Å². The van der Waals surface area contributed by atoms with E-state index < -0.39 is 0 Å². The van der Waals surface area contributed by atoms with Gasteiger partial charge in [-0.15, -0.1) is 0 Å². The normalized spacial score (nSPS) is 10.2. The molecule has 2 rings (SSSR count). The van der Waals surface area contributed by atoms with Crippen LogP contribution < -0.4 is 0 Å². The van der Waals surface area contributed by atoms with Gasteiger partial charge in [0.1, 0.15) is 5.03 Å². The molecule has 0 radical (unpaired) electrons. The Labute approximate surface area is 113 Å². The number of carbonyl (C=O) groups is 1. The first-order valence-electron chi connectivity index (χ1n) is 4.74. The lowest BCUT2D eigenvalue weighted by atomic mass is 10.2. The Bertz CT molecular complexity index is 560. The minimum Gasteiger partial charge on any atom is -0.298 e. The third-order valence-corrected chi connectivity index (χ3v) is 3.90. The molecule has 0 atom stereocenters. The molecule has 0 bridgehead atoms. The second-order valence-electron chi connectivity index (χ2n) is 3.16. The van der Waals surface area contributed by atoms with E-state index in [1.165, 1.54) is 11.8 Å². The number of hydrogen-bond donors (Lipinski definition) is 0. The van der Waals surface area contributed by atoms with Crippen LogP contribution in [0.25, 0.3) is 0 Å². The Morgan fingerprint density at radius 3 is 2.59 bits per heavy atom. The zero-order valence-electron chi connectivity index (χ0n) is 8.56. The van der Waals surface area contributed by atoms with Crippen molar-refractivity contribution in [1.82, 2.24) is 4.98 Å². The van der Waals surface area contributed by atoms with Crippen molar-refractivity contribution in [3.05, 3.63) is 52.1 Å². The minimum atomic E-state index is 0.428. The van der Waals surface area contributed by atoms with Gasteiger partial charge in [0, 0.05) is 16.7 Å². The van der Waals surface area contributed by atoms with Crippen LogP contribution >= 0.6 is 35.0 Å². The van der Waals surface area contributed by atoms with Crippen molar-refractivity contribution in [2.45, 2.75) is 9.92 Å². The Balaban J connectivity index is 2.40. The molecule has 0 unspecified atom stereocenters. The highest BCUT2D eigenvalue weighted by Crippen LogP contribution is 2.34. The van der Waals surface area contributed by atoms with Crippen LogP contribution in [-0.4, -0.2) is 11.3 Å². The van der Waals surface area contributed by atoms with Crippen LogP contribution in [0, 0.1) is 0 Å². The molecular formula is C12H7Cl2NOS. The molecule has 0 aliphatic heterocycles. The molecule has 17 heavy (non-hydrogen) atoms. The zero-order chi connectivity index (χ0) is 12.3. The van der Waals surface area contributed by atoms with Crippen molar-refractivity contribution >= 4 is 41.2 Å². The molecule has 0 spiro atoms. The molecule has 0 saturated carbocycles. The van der Waals surface area contributed by atoms with Gasteiger partial charge in [0.05, 0.1) is 10.0 Å². The van der Waals surface area contributed by atoms with Crippen LogP contribution in [0.15, 0.2) is 46.5 Å². The first kappa shape index (κ1) is 12.4. The molecule has 0 saturated heterocycles. The Morgan fingerprint density at radius 1 is 1.12 bits per heavy atom. The van der Waals surface area contributed by atoms with E-state index in [-0.39, 0.29) is 0 Å². The van der Waals surface area contributed by atoms with Gasteiger partial charge >= 0.3 is 0 Å². The van der Waals surface area contributed by atoms with Gasteiger partial charge in [-0.3, -0.25) is 4.79 Å². The average molecular weight is 284 g/mol. The van der Waals surface area contributed by atoms with E-state index in [0.29, 0.717) is 20.6 Å². The number of aldehydes is 1. The van der Waals surface area contributed by atoms with Gasteiger partial charge in [-0.25, -0.2) is 4.98 Å². The molecule has 0 fully saturated rings. The molecule has 5 heteroatoms. The number of halogens is 2. The lowest BCUT2D eigenvalue weighted by molar-refractivity contribution is 0.112. The molecule has 0 aliphatic rings. The van der Waals surface area contributed by atoms with Gasteiger partial charge in [-0.05, 0) is 24.3 Å². The molecule has 2 nitrogen and oxygen atoms in total. The number of benzene rings is 1. The maximum absolute atomic E-state index is 11.0. The predicted molar refractivity (Wildman–Crippen MR) is 70.2 cm³/mol. The number of aromatic nitrogens is 1. The number of carbonyl (C=O) groups excluding carboxylic acids is 1. The molecule has 1 aromatic heterocycles. The van der Waals surface area contributed by atoms with Crippen molar-refractivity contribution in [3.8, 4) is 0 Å². The lowest BCUT2D eigenvalue weighted by Crippen LogP contribution is -1.88. The summed E-state index contributed by atoms with van der Waals surface area (Å²) in [6.45, 7) is 0. The highest BCUT2D eigenvalue weighted by molar-refractivity contribution is 7.99. The summed E-state index contributed by atoms with van der Waals surface area (Å²) in [6, 6.07) is 8.78. The van der Waals surface area contributed by atoms with Crippen molar-refractivity contribution in [2.24, 2.45) is 0 Å². The summed E-state index contributed by atoms with van der Waals surface area (Å²) in [5.74, 6) is 0. The fourth-order valence-electron chi connectivity index (χ4n) is 1.27. The van der Waals surface area contributed by atoms with E-state index in [4.69, 9.17) is 23.2 Å². The van der Waals surface area contributed by atoms with Gasteiger partial charge in [-0.1, -0.05) is 41.0 Å². The Hall–Kier alpha value is -1.03. The highest BCUT2D eigenvalue weighted by Gasteiger charge is 2.10. The van der Waals surface area contributed by atoms with Gasteiger partial charge in [0.25, 0.3) is 0 Å². The molecule has 1 heterocycles. The Morgan fingerprint density at radius 2 is 1.88 bits per heavy atom. The fourth-order valence-corrected chi connectivity index (χ4v) is 2.69. The highest BCUT2D eigenvalue weighted by atomic mass is 35.5. The predicted octanol–water partition coefficient (Wildman–Crippen LogP) is 4.35. The van der Waals surface area contributed by atoms with Crippen molar-refractivity contribution in [1.29, 1.82) is 0 Å². The van der Waals surface area contributed by atoms with Crippen molar-refractivity contribution < 1.29 is 4.79 Å². The monoisotopic (exact) mass is 283 g/mol. The van der Waals surface area contributed by atoms with Crippen molar-refractivity contribution in [2.75, 3.05) is 0 Å². The van der Waals surface area contributed by atoms with E-state index in [1.807, 2.05) is 6.07 Å². The van der Waals surface area contributed by atoms with Crippen LogP contribution in [-0.2, 0) is 0 Å². The summed E-state index contributed by atoms with van der Waals surface area (Å²) in [5, 5.41) is 1.63. The third kappa shape index (κ3) is 2.80. The third-order valence-electron chi connectivity index (χ3n) is 2.06. The molecule has 0 amide bonds. The minimum absolute atomic E-state index is 0.428. The largest absolute Gasteiger partial charge is 0.298 e. The standard InChI is InChI=1S/C12H7Cl2NOS/c13-9-3-1-5-11(8(9)7-16)17-12-10(14)4-2-6-15-12/h1-7H. The summed E-state index contributed by atoms with van der Waals surface area (Å²) in [4.78, 5) is 15.9. The molecule has 86 valence electrons. The summed E-state index contributed by atoms with van der Waals surface area (Å²) in [6.07, 6.45) is 2.39. The summed E-state index contributed by atoms with van der Waals surface area (Å²) >= 11 is 13.3. The van der Waals surface area contributed by atoms with Gasteiger partial charge in [0.2, 0.25) is 0 Å². The van der Waals surface area contributed by atoms with Crippen LogP contribution in [0.5, 0.6) is 0 Å². The zero-order valence-corrected chi connectivity index (χ0v) is 10.9. The smallest absolute Gasteiger partial charge is 0.152 e. The topological polar surface area (TPSA) is 30.0 Å². The Kier molecular flexibility index (Phi) is 4.05. The second kappa shape index (κ2) is 5.54. The summed E-state index contributed by atoms with van der Waals surface area (Å²) in [7, 11) is 0. The SMILES string of the molecule is O=Cc1c(Cl)cccc1Sc1ncccc1Cl. The summed E-state index contributed by atoms with van der Waals surface area (Å²) < 4.78 is 0. The lowest BCUT2D eigenvalue weighted by Gasteiger charge is -2.06. The van der Waals surface area contributed by atoms with Crippen LogP contribution in [0.3, 0.4) is 0 Å². The first-order valence-corrected chi connectivity index (χ1v) is 6.31. The van der Waals surface area contributed by atoms with E-state index in [9.17, 15) is 4.79 Å². The second-order valence-corrected chi connectivity index (χ2v) is 5.01. The number of nitrogens with zero attached hydrogens (tertiary/aromatic N) is 1. The summed E-state index contributed by atoms with van der Waals surface area (Å²) in [5.41, 5.74) is 0.459. The van der Waals surface area contributed by atoms with Gasteiger partial charge < -0.3 is 0 Å².